The van der Waals surface area contributed by atoms with Crippen LogP contribution < -0.4 is 10.2 Å². The summed E-state index contributed by atoms with van der Waals surface area (Å²) in [5, 5.41) is 2.92. The van der Waals surface area contributed by atoms with E-state index in [-0.39, 0.29) is 19.1 Å². The molecule has 0 spiro atoms. The van der Waals surface area contributed by atoms with Crippen molar-refractivity contribution in [2.45, 2.75) is 6.04 Å². The molecule has 1 aliphatic rings. The molecule has 3 rings (SSSR count). The fourth-order valence-corrected chi connectivity index (χ4v) is 2.83. The van der Waals surface area contributed by atoms with E-state index in [2.05, 4.69) is 5.32 Å². The predicted octanol–water partition coefficient (Wildman–Crippen LogP) is 2.20. The van der Waals surface area contributed by atoms with Crippen molar-refractivity contribution in [3.8, 4) is 0 Å². The summed E-state index contributed by atoms with van der Waals surface area (Å²) in [4.78, 5) is 39.4. The molecule has 140 valence electrons. The maximum atomic E-state index is 12.8. The zero-order chi connectivity index (χ0) is 19.4. The molecule has 7 nitrogen and oxygen atoms in total. The van der Waals surface area contributed by atoms with Crippen molar-refractivity contribution < 1.29 is 19.1 Å². The van der Waals surface area contributed by atoms with Gasteiger partial charge in [0.25, 0.3) is 11.8 Å². The molecule has 27 heavy (non-hydrogen) atoms. The average Bonchev–Trinajstić information content (AvgIpc) is 3.00. The number of hydrogen-bond donors (Lipinski definition) is 1. The molecule has 1 atom stereocenters. The maximum Gasteiger partial charge on any atom is 0.417 e. The summed E-state index contributed by atoms with van der Waals surface area (Å²) in [6, 6.07) is 15.9. The normalized spacial score (nSPS) is 14.7. The number of rotatable bonds is 6. The molecule has 1 saturated heterocycles. The highest BCUT2D eigenvalue weighted by Gasteiger charge is 2.33. The third kappa shape index (κ3) is 4.25. The van der Waals surface area contributed by atoms with E-state index >= 15 is 0 Å². The minimum Gasteiger partial charge on any atom is -0.439 e. The molecule has 1 unspecified atom stereocenters. The summed E-state index contributed by atoms with van der Waals surface area (Å²) < 4.78 is 4.77. The first kappa shape index (κ1) is 18.4. The smallest absolute Gasteiger partial charge is 0.417 e. The zero-order valence-electron chi connectivity index (χ0n) is 15.2. The Morgan fingerprint density at radius 3 is 2.52 bits per heavy atom. The van der Waals surface area contributed by atoms with Crippen LogP contribution in [0.2, 0.25) is 0 Å². The van der Waals surface area contributed by atoms with Crippen molar-refractivity contribution in [3.05, 3.63) is 65.7 Å². The quantitative estimate of drug-likeness (QED) is 0.847. The van der Waals surface area contributed by atoms with Gasteiger partial charge in [-0.3, -0.25) is 9.59 Å². The molecule has 0 aromatic heterocycles. The van der Waals surface area contributed by atoms with Gasteiger partial charge >= 0.3 is 6.09 Å². The first-order chi connectivity index (χ1) is 13.0. The molecule has 1 aliphatic heterocycles. The summed E-state index contributed by atoms with van der Waals surface area (Å²) >= 11 is 0. The minimum absolute atomic E-state index is 0.0147. The molecule has 0 radical (unpaired) electrons. The Balaban J connectivity index is 1.83. The Morgan fingerprint density at radius 2 is 1.89 bits per heavy atom. The zero-order valence-corrected chi connectivity index (χ0v) is 15.2. The van der Waals surface area contributed by atoms with E-state index in [1.807, 2.05) is 61.5 Å². The van der Waals surface area contributed by atoms with Crippen molar-refractivity contribution in [2.24, 2.45) is 0 Å². The Bertz CT molecular complexity index is 835. The number of hydrogen-bond acceptors (Lipinski definition) is 5. The first-order valence-corrected chi connectivity index (χ1v) is 8.56. The monoisotopic (exact) mass is 367 g/mol. The number of imide groups is 1. The molecule has 1 N–H and O–H groups in total. The summed E-state index contributed by atoms with van der Waals surface area (Å²) in [6.45, 7) is -0.250. The van der Waals surface area contributed by atoms with Crippen LogP contribution in [0.25, 0.3) is 0 Å². The number of carbonyl (C=O) groups excluding carboxylic acids is 3. The van der Waals surface area contributed by atoms with Crippen LogP contribution in [0.3, 0.4) is 0 Å². The van der Waals surface area contributed by atoms with E-state index in [9.17, 15) is 14.4 Å². The second-order valence-electron chi connectivity index (χ2n) is 6.44. The minimum atomic E-state index is -0.690. The van der Waals surface area contributed by atoms with Gasteiger partial charge in [0.05, 0.1) is 12.6 Å². The van der Waals surface area contributed by atoms with Gasteiger partial charge in [-0.2, -0.15) is 0 Å². The third-order valence-electron chi connectivity index (χ3n) is 4.34. The van der Waals surface area contributed by atoms with Gasteiger partial charge in [0.15, 0.2) is 6.61 Å². The molecule has 1 heterocycles. The molecular weight excluding hydrogens is 346 g/mol. The van der Waals surface area contributed by atoms with Gasteiger partial charge in [-0.15, -0.1) is 0 Å². The molecule has 2 aromatic carbocycles. The number of nitrogens with zero attached hydrogens (tertiary/aromatic N) is 2. The van der Waals surface area contributed by atoms with Crippen LogP contribution in [-0.2, 0) is 9.53 Å². The topological polar surface area (TPSA) is 79.0 Å². The Labute approximate surface area is 157 Å². The van der Waals surface area contributed by atoms with Crippen LogP contribution in [0, 0.1) is 0 Å². The maximum absolute atomic E-state index is 12.8. The molecule has 1 fully saturated rings. The lowest BCUT2D eigenvalue weighted by molar-refractivity contribution is -0.126. The molecule has 3 amide bonds. The number of benzene rings is 2. The van der Waals surface area contributed by atoms with Gasteiger partial charge in [-0.05, 0) is 23.8 Å². The molecule has 7 heteroatoms. The first-order valence-electron chi connectivity index (χ1n) is 8.56. The Morgan fingerprint density at radius 1 is 1.15 bits per heavy atom. The fourth-order valence-electron chi connectivity index (χ4n) is 2.83. The summed E-state index contributed by atoms with van der Waals surface area (Å²) in [5.74, 6) is -0.697. The van der Waals surface area contributed by atoms with Gasteiger partial charge < -0.3 is 15.0 Å². The van der Waals surface area contributed by atoms with Crippen LogP contribution in [0.15, 0.2) is 54.6 Å². The second kappa shape index (κ2) is 7.90. The number of amides is 3. The Kier molecular flexibility index (Phi) is 5.40. The van der Waals surface area contributed by atoms with Gasteiger partial charge in [-0.25, -0.2) is 9.69 Å². The SMILES string of the molecule is CN(C)c1cccc(C(=O)NC(CN2C(=O)COC2=O)c2ccccc2)c1. The van der Waals surface area contributed by atoms with E-state index in [1.54, 1.807) is 12.1 Å². The second-order valence-corrected chi connectivity index (χ2v) is 6.44. The number of nitrogens with one attached hydrogen (secondary N) is 1. The average molecular weight is 367 g/mol. The lowest BCUT2D eigenvalue weighted by Crippen LogP contribution is -2.40. The summed E-state index contributed by atoms with van der Waals surface area (Å²) in [6.07, 6.45) is -0.690. The highest BCUT2D eigenvalue weighted by atomic mass is 16.6. The lowest BCUT2D eigenvalue weighted by Gasteiger charge is -2.23. The summed E-state index contributed by atoms with van der Waals surface area (Å²) in [5.41, 5.74) is 2.19. The molecular formula is C20H21N3O4. The molecule has 0 aliphatic carbocycles. The van der Waals surface area contributed by atoms with Gasteiger partial charge in [0.1, 0.15) is 0 Å². The van der Waals surface area contributed by atoms with Gasteiger partial charge in [-0.1, -0.05) is 36.4 Å². The van der Waals surface area contributed by atoms with E-state index in [0.29, 0.717) is 5.56 Å². The summed E-state index contributed by atoms with van der Waals surface area (Å²) in [7, 11) is 3.79. The van der Waals surface area contributed by atoms with E-state index in [1.165, 1.54) is 0 Å². The van der Waals surface area contributed by atoms with Crippen LogP contribution in [0.5, 0.6) is 0 Å². The van der Waals surface area contributed by atoms with E-state index < -0.39 is 18.0 Å². The van der Waals surface area contributed by atoms with Crippen molar-refractivity contribution in [1.29, 1.82) is 0 Å². The standard InChI is InChI=1S/C20H21N3O4/c1-22(2)16-10-6-9-15(11-16)19(25)21-17(14-7-4-3-5-8-14)12-23-18(24)13-27-20(23)26/h3-11,17H,12-13H2,1-2H3,(H,21,25). The van der Waals surface area contributed by atoms with Crippen LogP contribution in [-0.4, -0.2) is 50.1 Å². The van der Waals surface area contributed by atoms with Crippen molar-refractivity contribution >= 4 is 23.6 Å². The van der Waals surface area contributed by atoms with E-state index in [0.717, 1.165) is 16.2 Å². The van der Waals surface area contributed by atoms with Crippen LogP contribution in [0.4, 0.5) is 10.5 Å². The molecule has 0 bridgehead atoms. The van der Waals surface area contributed by atoms with Crippen molar-refractivity contribution in [3.63, 3.8) is 0 Å². The van der Waals surface area contributed by atoms with E-state index in [4.69, 9.17) is 4.74 Å². The third-order valence-corrected chi connectivity index (χ3v) is 4.34. The van der Waals surface area contributed by atoms with Gasteiger partial charge in [0.2, 0.25) is 0 Å². The number of anilines is 1. The predicted molar refractivity (Wildman–Crippen MR) is 100 cm³/mol. The highest BCUT2D eigenvalue weighted by molar-refractivity contribution is 5.98. The molecule has 0 saturated carbocycles. The number of ether oxygens (including phenoxy) is 1. The lowest BCUT2D eigenvalue weighted by atomic mass is 10.1. The molecule has 2 aromatic rings. The van der Waals surface area contributed by atoms with Crippen LogP contribution >= 0.6 is 0 Å². The van der Waals surface area contributed by atoms with Crippen LogP contribution in [0.1, 0.15) is 22.0 Å². The van der Waals surface area contributed by atoms with Gasteiger partial charge in [0, 0.05) is 25.3 Å². The highest BCUT2D eigenvalue weighted by Crippen LogP contribution is 2.19. The number of carbonyl (C=O) groups is 3. The van der Waals surface area contributed by atoms with Crippen molar-refractivity contribution in [1.82, 2.24) is 10.2 Å². The number of cyclic esters (lactones) is 1. The van der Waals surface area contributed by atoms with Crippen molar-refractivity contribution in [2.75, 3.05) is 32.1 Å². The largest absolute Gasteiger partial charge is 0.439 e. The fraction of sp³-hybridized carbons (Fsp3) is 0.250. The Hall–Kier alpha value is -3.35.